The van der Waals surface area contributed by atoms with Crippen LogP contribution in [0.3, 0.4) is 0 Å². The molecule has 1 aromatic heterocycles. The highest BCUT2D eigenvalue weighted by molar-refractivity contribution is 5.99. The fourth-order valence-electron chi connectivity index (χ4n) is 5.27. The highest BCUT2D eigenvalue weighted by Crippen LogP contribution is 2.37. The summed E-state index contributed by atoms with van der Waals surface area (Å²) in [6, 6.07) is 12.0. The van der Waals surface area contributed by atoms with Crippen molar-refractivity contribution in [3.05, 3.63) is 76.2 Å². The summed E-state index contributed by atoms with van der Waals surface area (Å²) in [5.74, 6) is -0.275. The standard InChI is InChI=1S/C26H28FN3O2/c1-16-20(12-17-6-8-18(9-7-17)23-10-11-29(2)28-23)13-21-22(25(16)27)14-30(26(21)32)24-5-3-4-19(24)15-31/h6-11,13,19,24,31H,3-5,12,14-15H2,1-2H3/t19-,24+/m1/s1. The Kier molecular flexibility index (Phi) is 5.33. The Morgan fingerprint density at radius 3 is 2.66 bits per heavy atom. The van der Waals surface area contributed by atoms with Crippen molar-refractivity contribution in [1.29, 1.82) is 0 Å². The zero-order chi connectivity index (χ0) is 22.4. The van der Waals surface area contributed by atoms with Crippen molar-refractivity contribution in [1.82, 2.24) is 14.7 Å². The van der Waals surface area contributed by atoms with E-state index < -0.39 is 0 Å². The van der Waals surface area contributed by atoms with Gasteiger partial charge in [-0.2, -0.15) is 5.10 Å². The Bertz CT molecular complexity index is 1170. The van der Waals surface area contributed by atoms with E-state index in [1.165, 1.54) is 0 Å². The first-order valence-corrected chi connectivity index (χ1v) is 11.3. The molecule has 1 N–H and O–H groups in total. The molecule has 0 bridgehead atoms. The molecule has 2 aliphatic rings. The minimum atomic E-state index is -0.267. The molecule has 1 aliphatic heterocycles. The number of carbonyl (C=O) groups excluding carboxylic acids is 1. The number of hydrogen-bond donors (Lipinski definition) is 1. The van der Waals surface area contributed by atoms with Gasteiger partial charge in [-0.1, -0.05) is 30.7 Å². The molecule has 0 spiro atoms. The molecule has 5 nitrogen and oxygen atoms in total. The van der Waals surface area contributed by atoms with Gasteiger partial charge in [0.15, 0.2) is 0 Å². The van der Waals surface area contributed by atoms with Gasteiger partial charge >= 0.3 is 0 Å². The van der Waals surface area contributed by atoms with E-state index in [9.17, 15) is 9.90 Å². The third-order valence-corrected chi connectivity index (χ3v) is 7.15. The lowest BCUT2D eigenvalue weighted by Gasteiger charge is -2.28. The van der Waals surface area contributed by atoms with Gasteiger partial charge in [-0.3, -0.25) is 9.48 Å². The number of aromatic nitrogens is 2. The third kappa shape index (κ3) is 3.52. The van der Waals surface area contributed by atoms with Crippen LogP contribution in [0.15, 0.2) is 42.6 Å². The number of nitrogens with zero attached hydrogens (tertiary/aromatic N) is 3. The summed E-state index contributed by atoms with van der Waals surface area (Å²) in [5, 5.41) is 14.1. The molecule has 32 heavy (non-hydrogen) atoms. The lowest BCUT2D eigenvalue weighted by molar-refractivity contribution is 0.0611. The second-order valence-electron chi connectivity index (χ2n) is 9.12. The molecule has 2 heterocycles. The number of fused-ring (bicyclic) bond motifs is 1. The molecule has 5 rings (SSSR count). The first-order valence-electron chi connectivity index (χ1n) is 11.3. The van der Waals surface area contributed by atoms with Gasteiger partial charge in [-0.05, 0) is 55.0 Å². The average Bonchev–Trinajstić information content (AvgIpc) is 3.51. The molecule has 1 aliphatic carbocycles. The van der Waals surface area contributed by atoms with E-state index in [-0.39, 0.29) is 30.3 Å². The summed E-state index contributed by atoms with van der Waals surface area (Å²) in [5.41, 5.74) is 5.45. The molecule has 166 valence electrons. The molecule has 6 heteroatoms. The van der Waals surface area contributed by atoms with Crippen LogP contribution in [-0.2, 0) is 20.0 Å². The van der Waals surface area contributed by atoms with Gasteiger partial charge in [0.25, 0.3) is 5.91 Å². The summed E-state index contributed by atoms with van der Waals surface area (Å²) in [4.78, 5) is 15.0. The molecule has 1 saturated carbocycles. The van der Waals surface area contributed by atoms with E-state index >= 15 is 4.39 Å². The van der Waals surface area contributed by atoms with Crippen LogP contribution in [0.4, 0.5) is 4.39 Å². The van der Waals surface area contributed by atoms with Crippen LogP contribution < -0.4 is 0 Å². The number of aryl methyl sites for hydroxylation is 1. The number of benzene rings is 2. The average molecular weight is 434 g/mol. The number of amides is 1. The van der Waals surface area contributed by atoms with Crippen LogP contribution in [0, 0.1) is 18.7 Å². The molecule has 1 amide bonds. The molecule has 3 aromatic rings. The first-order chi connectivity index (χ1) is 15.5. The third-order valence-electron chi connectivity index (χ3n) is 7.15. The van der Waals surface area contributed by atoms with Crippen LogP contribution in [-0.4, -0.2) is 38.3 Å². The summed E-state index contributed by atoms with van der Waals surface area (Å²) < 4.78 is 17.1. The molecule has 1 fully saturated rings. The van der Waals surface area contributed by atoms with E-state index in [1.807, 2.05) is 49.6 Å². The highest BCUT2D eigenvalue weighted by atomic mass is 19.1. The predicted octanol–water partition coefficient (Wildman–Crippen LogP) is 4.24. The van der Waals surface area contributed by atoms with Gasteiger partial charge in [-0.25, -0.2) is 4.39 Å². The maximum atomic E-state index is 15.3. The lowest BCUT2D eigenvalue weighted by Crippen LogP contribution is -2.39. The van der Waals surface area contributed by atoms with Crippen molar-refractivity contribution in [2.24, 2.45) is 13.0 Å². The summed E-state index contributed by atoms with van der Waals surface area (Å²) in [6.45, 7) is 2.18. The SMILES string of the molecule is Cc1c(Cc2ccc(-c3ccn(C)n3)cc2)cc2c(c1F)CN([C@H]1CCC[C@@H]1CO)C2=O. The van der Waals surface area contributed by atoms with E-state index in [0.717, 1.165) is 41.6 Å². The second kappa shape index (κ2) is 8.17. The Hall–Kier alpha value is -2.99. The summed E-state index contributed by atoms with van der Waals surface area (Å²) in [6.07, 6.45) is 5.27. The van der Waals surface area contributed by atoms with Crippen molar-refractivity contribution in [2.75, 3.05) is 6.61 Å². The van der Waals surface area contributed by atoms with Crippen LogP contribution in [0.5, 0.6) is 0 Å². The second-order valence-corrected chi connectivity index (χ2v) is 9.12. The van der Waals surface area contributed by atoms with Gasteiger partial charge in [0, 0.05) is 55.0 Å². The van der Waals surface area contributed by atoms with Crippen molar-refractivity contribution in [3.8, 4) is 11.3 Å². The maximum absolute atomic E-state index is 15.3. The van der Waals surface area contributed by atoms with Crippen LogP contribution >= 0.6 is 0 Å². The number of aliphatic hydroxyl groups is 1. The smallest absolute Gasteiger partial charge is 0.254 e. The van der Waals surface area contributed by atoms with Gasteiger partial charge in [-0.15, -0.1) is 0 Å². The highest BCUT2D eigenvalue weighted by Gasteiger charge is 2.40. The van der Waals surface area contributed by atoms with Crippen LogP contribution in [0.2, 0.25) is 0 Å². The Balaban J connectivity index is 1.40. The number of rotatable bonds is 5. The van der Waals surface area contributed by atoms with Crippen molar-refractivity contribution in [3.63, 3.8) is 0 Å². The first kappa shape index (κ1) is 20.9. The zero-order valence-electron chi connectivity index (χ0n) is 18.5. The molecule has 0 radical (unpaired) electrons. The molecule has 0 unspecified atom stereocenters. The van der Waals surface area contributed by atoms with E-state index in [4.69, 9.17) is 0 Å². The van der Waals surface area contributed by atoms with Crippen molar-refractivity contribution in [2.45, 2.75) is 45.2 Å². The van der Waals surface area contributed by atoms with E-state index in [2.05, 4.69) is 5.10 Å². The summed E-state index contributed by atoms with van der Waals surface area (Å²) in [7, 11) is 1.89. The predicted molar refractivity (Wildman–Crippen MR) is 121 cm³/mol. The minimum Gasteiger partial charge on any atom is -0.396 e. The molecular weight excluding hydrogens is 405 g/mol. The zero-order valence-corrected chi connectivity index (χ0v) is 18.5. The number of hydrogen-bond acceptors (Lipinski definition) is 3. The van der Waals surface area contributed by atoms with Crippen molar-refractivity contribution < 1.29 is 14.3 Å². The summed E-state index contributed by atoms with van der Waals surface area (Å²) >= 11 is 0. The Labute approximate surface area is 187 Å². The minimum absolute atomic E-state index is 0.00203. The number of halogens is 1. The molecule has 2 aromatic carbocycles. The van der Waals surface area contributed by atoms with E-state index in [1.54, 1.807) is 16.5 Å². The number of aliphatic hydroxyl groups excluding tert-OH is 1. The van der Waals surface area contributed by atoms with Gasteiger partial charge in [0.2, 0.25) is 0 Å². The monoisotopic (exact) mass is 433 g/mol. The Morgan fingerprint density at radius 2 is 1.97 bits per heavy atom. The van der Waals surface area contributed by atoms with Crippen LogP contribution in [0.25, 0.3) is 11.3 Å². The van der Waals surface area contributed by atoms with Gasteiger partial charge in [0.05, 0.1) is 5.69 Å². The quantitative estimate of drug-likeness (QED) is 0.655. The normalized spacial score (nSPS) is 20.2. The van der Waals surface area contributed by atoms with Crippen LogP contribution in [0.1, 0.15) is 51.9 Å². The lowest BCUT2D eigenvalue weighted by atomic mass is 9.94. The topological polar surface area (TPSA) is 58.4 Å². The van der Waals surface area contributed by atoms with Gasteiger partial charge < -0.3 is 10.0 Å². The largest absolute Gasteiger partial charge is 0.396 e. The van der Waals surface area contributed by atoms with E-state index in [0.29, 0.717) is 29.7 Å². The molecular formula is C26H28FN3O2. The maximum Gasteiger partial charge on any atom is 0.254 e. The molecule has 0 saturated heterocycles. The molecule has 2 atom stereocenters. The van der Waals surface area contributed by atoms with Crippen molar-refractivity contribution >= 4 is 5.91 Å². The Morgan fingerprint density at radius 1 is 1.19 bits per heavy atom. The van der Waals surface area contributed by atoms with Gasteiger partial charge in [0.1, 0.15) is 5.82 Å². The number of carbonyl (C=O) groups is 1. The fourth-order valence-corrected chi connectivity index (χ4v) is 5.27. The fraction of sp³-hybridized carbons (Fsp3) is 0.385.